The second-order valence-corrected chi connectivity index (χ2v) is 6.81. The molecule has 0 saturated carbocycles. The third-order valence-corrected chi connectivity index (χ3v) is 4.75. The van der Waals surface area contributed by atoms with Gasteiger partial charge in [0, 0.05) is 12.4 Å². The smallest absolute Gasteiger partial charge is 0.349 e. The largest absolute Gasteiger partial charge is 0.422 e. The average molecular weight is 401 g/mol. The average Bonchev–Trinajstić information content (AvgIpc) is 3.32. The molecule has 1 N–H and O–H groups in total. The lowest BCUT2D eigenvalue weighted by molar-refractivity contribution is 0.102. The Bertz CT molecular complexity index is 1490. The zero-order valence-electron chi connectivity index (χ0n) is 16.0. The molecule has 2 aromatic carbocycles. The first kappa shape index (κ1) is 17.8. The van der Waals surface area contributed by atoms with Gasteiger partial charge in [-0.2, -0.15) is 5.10 Å². The number of hydrogen-bond donors (Lipinski definition) is 1. The molecule has 0 radical (unpaired) electrons. The van der Waals surface area contributed by atoms with Crippen molar-refractivity contribution in [2.75, 3.05) is 5.32 Å². The van der Waals surface area contributed by atoms with Crippen molar-refractivity contribution < 1.29 is 13.6 Å². The number of amides is 1. The van der Waals surface area contributed by atoms with E-state index in [0.29, 0.717) is 16.7 Å². The number of carbonyl (C=O) groups is 1. The van der Waals surface area contributed by atoms with Gasteiger partial charge in [0.1, 0.15) is 16.8 Å². The van der Waals surface area contributed by atoms with Gasteiger partial charge < -0.3 is 8.83 Å². The molecule has 5 aromatic rings. The van der Waals surface area contributed by atoms with Crippen molar-refractivity contribution in [2.45, 2.75) is 6.92 Å². The van der Waals surface area contributed by atoms with Gasteiger partial charge in [0.15, 0.2) is 0 Å². The predicted molar refractivity (Wildman–Crippen MR) is 109 cm³/mol. The molecule has 0 fully saturated rings. The van der Waals surface area contributed by atoms with E-state index in [4.69, 9.17) is 8.83 Å². The predicted octanol–water partition coefficient (Wildman–Crippen LogP) is 3.29. The number of rotatable bonds is 3. The highest BCUT2D eigenvalue weighted by Crippen LogP contribution is 2.25. The summed E-state index contributed by atoms with van der Waals surface area (Å²) in [6, 6.07) is 14.4. The van der Waals surface area contributed by atoms with Gasteiger partial charge in [0.05, 0.1) is 5.69 Å². The minimum atomic E-state index is -0.753. The Labute approximate surface area is 168 Å². The number of aryl methyl sites for hydroxylation is 2. The van der Waals surface area contributed by atoms with Gasteiger partial charge in [-0.05, 0) is 35.9 Å². The van der Waals surface area contributed by atoms with Crippen molar-refractivity contribution in [3.8, 4) is 11.6 Å². The van der Waals surface area contributed by atoms with Gasteiger partial charge in [-0.15, -0.1) is 5.10 Å². The van der Waals surface area contributed by atoms with Crippen molar-refractivity contribution >= 4 is 33.7 Å². The quantitative estimate of drug-likeness (QED) is 0.364. The summed E-state index contributed by atoms with van der Waals surface area (Å²) in [5.74, 6) is -0.500. The lowest BCUT2D eigenvalue weighted by atomic mass is 10.0. The molecule has 30 heavy (non-hydrogen) atoms. The van der Waals surface area contributed by atoms with E-state index in [0.717, 1.165) is 16.5 Å². The van der Waals surface area contributed by atoms with E-state index >= 15 is 0 Å². The maximum absolute atomic E-state index is 12.7. The van der Waals surface area contributed by atoms with Gasteiger partial charge in [-0.1, -0.05) is 35.4 Å². The third kappa shape index (κ3) is 2.93. The van der Waals surface area contributed by atoms with Gasteiger partial charge in [-0.25, -0.2) is 4.79 Å². The maximum Gasteiger partial charge on any atom is 0.349 e. The van der Waals surface area contributed by atoms with Crippen molar-refractivity contribution in [1.29, 1.82) is 0 Å². The Morgan fingerprint density at radius 1 is 1.03 bits per heavy atom. The molecule has 3 heterocycles. The molecule has 9 heteroatoms. The molecule has 3 aromatic heterocycles. The van der Waals surface area contributed by atoms with E-state index in [1.807, 2.05) is 37.3 Å². The molecule has 0 unspecified atom stereocenters. The second-order valence-electron chi connectivity index (χ2n) is 6.81. The lowest BCUT2D eigenvalue weighted by Gasteiger charge is -2.05. The normalized spacial score (nSPS) is 11.3. The number of anilines is 1. The fourth-order valence-electron chi connectivity index (χ4n) is 3.38. The van der Waals surface area contributed by atoms with Gasteiger partial charge in [0.2, 0.25) is 0 Å². The van der Waals surface area contributed by atoms with E-state index in [1.54, 1.807) is 23.9 Å². The highest BCUT2D eigenvalue weighted by molar-refractivity contribution is 6.10. The molecule has 0 atom stereocenters. The van der Waals surface area contributed by atoms with Crippen LogP contribution in [0, 0.1) is 6.92 Å². The Hall–Kier alpha value is -4.27. The van der Waals surface area contributed by atoms with Crippen LogP contribution in [0.15, 0.2) is 62.2 Å². The van der Waals surface area contributed by atoms with Crippen LogP contribution in [0.3, 0.4) is 0 Å². The van der Waals surface area contributed by atoms with Crippen LogP contribution in [0.5, 0.6) is 0 Å². The van der Waals surface area contributed by atoms with Crippen molar-refractivity contribution in [3.05, 3.63) is 70.2 Å². The Kier molecular flexibility index (Phi) is 3.95. The van der Waals surface area contributed by atoms with Crippen molar-refractivity contribution in [1.82, 2.24) is 20.0 Å². The highest BCUT2D eigenvalue weighted by atomic mass is 16.4. The molecule has 0 aliphatic rings. The van der Waals surface area contributed by atoms with Crippen LogP contribution >= 0.6 is 0 Å². The number of fused-ring (bicyclic) bond motifs is 3. The maximum atomic E-state index is 12.7. The second kappa shape index (κ2) is 6.66. The summed E-state index contributed by atoms with van der Waals surface area (Å²) in [7, 11) is 1.75. The van der Waals surface area contributed by atoms with E-state index in [9.17, 15) is 9.59 Å². The van der Waals surface area contributed by atoms with Gasteiger partial charge >= 0.3 is 11.6 Å². The zero-order valence-corrected chi connectivity index (χ0v) is 16.0. The molecule has 148 valence electrons. The van der Waals surface area contributed by atoms with E-state index in [1.165, 1.54) is 6.07 Å². The fourth-order valence-corrected chi connectivity index (χ4v) is 3.38. The molecular weight excluding hydrogens is 386 g/mol. The summed E-state index contributed by atoms with van der Waals surface area (Å²) in [6.45, 7) is 1.84. The first-order valence-corrected chi connectivity index (χ1v) is 9.11. The molecule has 9 nitrogen and oxygen atoms in total. The number of nitrogens with one attached hydrogen (secondary N) is 1. The Morgan fingerprint density at radius 3 is 2.67 bits per heavy atom. The minimum absolute atomic E-state index is 0.133. The summed E-state index contributed by atoms with van der Waals surface area (Å²) in [5, 5.41) is 16.9. The monoisotopic (exact) mass is 401 g/mol. The highest BCUT2D eigenvalue weighted by Gasteiger charge is 2.19. The number of hydrogen-bond acceptors (Lipinski definition) is 7. The molecule has 0 bridgehead atoms. The van der Waals surface area contributed by atoms with Crippen LogP contribution in [-0.2, 0) is 7.05 Å². The summed E-state index contributed by atoms with van der Waals surface area (Å²) in [4.78, 5) is 25.1. The molecule has 0 aliphatic heterocycles. The number of benzene rings is 2. The molecule has 1 amide bonds. The summed E-state index contributed by atoms with van der Waals surface area (Å²) in [5.41, 5.74) is 0.892. The Morgan fingerprint density at radius 2 is 1.87 bits per heavy atom. The van der Waals surface area contributed by atoms with E-state index < -0.39 is 11.5 Å². The van der Waals surface area contributed by atoms with Gasteiger partial charge in [-0.3, -0.25) is 14.8 Å². The number of aromatic nitrogens is 4. The van der Waals surface area contributed by atoms with E-state index in [2.05, 4.69) is 20.6 Å². The molecule has 0 aliphatic carbocycles. The first-order chi connectivity index (χ1) is 14.5. The summed E-state index contributed by atoms with van der Waals surface area (Å²) in [6.07, 6.45) is 0. The lowest BCUT2D eigenvalue weighted by Crippen LogP contribution is -2.20. The zero-order chi connectivity index (χ0) is 20.8. The fraction of sp³-hybridized carbons (Fsp3) is 0.0952. The standard InChI is InChI=1S/C21H15N5O4/c1-11-9-16(26(2)25-11)19-23-24-21(30-19)22-18(27)15-10-14-13-6-4-3-5-12(13)7-8-17(14)29-20(15)28/h3-10H,1-2H3,(H,22,24,27). The number of nitrogens with zero attached hydrogens (tertiary/aromatic N) is 4. The minimum Gasteiger partial charge on any atom is -0.422 e. The topological polar surface area (TPSA) is 116 Å². The summed E-state index contributed by atoms with van der Waals surface area (Å²) < 4.78 is 12.5. The van der Waals surface area contributed by atoms with Crippen LogP contribution in [0.2, 0.25) is 0 Å². The SMILES string of the molecule is Cc1cc(-c2nnc(NC(=O)c3cc4c(ccc5ccccc54)oc3=O)o2)n(C)n1. The molecule has 0 spiro atoms. The van der Waals surface area contributed by atoms with Crippen LogP contribution in [0.1, 0.15) is 16.1 Å². The van der Waals surface area contributed by atoms with Crippen LogP contribution < -0.4 is 10.9 Å². The first-order valence-electron chi connectivity index (χ1n) is 9.11. The van der Waals surface area contributed by atoms with Crippen LogP contribution in [0.4, 0.5) is 6.01 Å². The third-order valence-electron chi connectivity index (χ3n) is 4.75. The van der Waals surface area contributed by atoms with Crippen LogP contribution in [0.25, 0.3) is 33.3 Å². The van der Waals surface area contributed by atoms with Crippen molar-refractivity contribution in [2.24, 2.45) is 7.05 Å². The van der Waals surface area contributed by atoms with E-state index in [-0.39, 0.29) is 17.5 Å². The molecule has 5 rings (SSSR count). The molecule has 0 saturated heterocycles. The summed E-state index contributed by atoms with van der Waals surface area (Å²) >= 11 is 0. The van der Waals surface area contributed by atoms with Crippen LogP contribution in [-0.4, -0.2) is 25.9 Å². The van der Waals surface area contributed by atoms with Gasteiger partial charge in [0.25, 0.3) is 11.8 Å². The molecular formula is C21H15N5O4. The Balaban J connectivity index is 1.51. The number of carbonyl (C=O) groups excluding carboxylic acids is 1. The van der Waals surface area contributed by atoms with Crippen molar-refractivity contribution in [3.63, 3.8) is 0 Å².